The number of amides is 2. The van der Waals surface area contributed by atoms with Gasteiger partial charge in [0.2, 0.25) is 5.91 Å². The highest BCUT2D eigenvalue weighted by Crippen LogP contribution is 2.23. The van der Waals surface area contributed by atoms with E-state index in [1.807, 2.05) is 36.1 Å². The summed E-state index contributed by atoms with van der Waals surface area (Å²) in [6, 6.07) is 11.4. The van der Waals surface area contributed by atoms with Crippen molar-refractivity contribution >= 4 is 34.8 Å². The molecule has 2 heterocycles. The molecular formula is C20H24ClN3O2S. The SMILES string of the molecule is Cc1cccc(C(=O)NCCC(=O)N2CCN(Cc3ccc(Cl)s3)CC2)c1. The van der Waals surface area contributed by atoms with Crippen molar-refractivity contribution in [1.82, 2.24) is 15.1 Å². The first kappa shape index (κ1) is 19.9. The summed E-state index contributed by atoms with van der Waals surface area (Å²) < 4.78 is 0.812. The number of hydrogen-bond donors (Lipinski definition) is 1. The highest BCUT2D eigenvalue weighted by atomic mass is 35.5. The molecule has 0 spiro atoms. The maximum absolute atomic E-state index is 12.4. The fraction of sp³-hybridized carbons (Fsp3) is 0.400. The van der Waals surface area contributed by atoms with E-state index in [0.29, 0.717) is 18.5 Å². The molecule has 7 heteroatoms. The van der Waals surface area contributed by atoms with Gasteiger partial charge in [0.25, 0.3) is 5.91 Å². The van der Waals surface area contributed by atoms with E-state index in [-0.39, 0.29) is 11.8 Å². The fourth-order valence-electron chi connectivity index (χ4n) is 3.14. The summed E-state index contributed by atoms with van der Waals surface area (Å²) in [5, 5.41) is 2.83. The number of aryl methyl sites for hydroxylation is 1. The van der Waals surface area contributed by atoms with Crippen molar-refractivity contribution in [2.24, 2.45) is 0 Å². The smallest absolute Gasteiger partial charge is 0.251 e. The van der Waals surface area contributed by atoms with Crippen molar-refractivity contribution in [1.29, 1.82) is 0 Å². The first-order chi connectivity index (χ1) is 13.0. The number of carbonyl (C=O) groups excluding carboxylic acids is 2. The van der Waals surface area contributed by atoms with E-state index in [0.717, 1.165) is 42.6 Å². The van der Waals surface area contributed by atoms with Gasteiger partial charge in [0, 0.05) is 56.1 Å². The molecule has 0 atom stereocenters. The molecule has 1 saturated heterocycles. The molecular weight excluding hydrogens is 382 g/mol. The minimum Gasteiger partial charge on any atom is -0.352 e. The van der Waals surface area contributed by atoms with Gasteiger partial charge in [-0.15, -0.1) is 11.3 Å². The molecule has 1 aromatic carbocycles. The highest BCUT2D eigenvalue weighted by molar-refractivity contribution is 7.16. The lowest BCUT2D eigenvalue weighted by molar-refractivity contribution is -0.132. The Balaban J connectivity index is 1.37. The van der Waals surface area contributed by atoms with E-state index in [1.165, 1.54) is 4.88 Å². The summed E-state index contributed by atoms with van der Waals surface area (Å²) in [5.74, 6) is -0.0377. The highest BCUT2D eigenvalue weighted by Gasteiger charge is 2.21. The van der Waals surface area contributed by atoms with Crippen LogP contribution in [0.3, 0.4) is 0 Å². The van der Waals surface area contributed by atoms with Gasteiger partial charge in [-0.3, -0.25) is 14.5 Å². The predicted octanol–water partition coefficient (Wildman–Crippen LogP) is 3.17. The second-order valence-electron chi connectivity index (χ2n) is 6.74. The predicted molar refractivity (Wildman–Crippen MR) is 109 cm³/mol. The summed E-state index contributed by atoms with van der Waals surface area (Å²) in [6.45, 7) is 6.36. The lowest BCUT2D eigenvalue weighted by Crippen LogP contribution is -2.48. The van der Waals surface area contributed by atoms with Crippen molar-refractivity contribution in [3.63, 3.8) is 0 Å². The number of carbonyl (C=O) groups is 2. The monoisotopic (exact) mass is 405 g/mol. The quantitative estimate of drug-likeness (QED) is 0.803. The van der Waals surface area contributed by atoms with Crippen LogP contribution in [0.4, 0.5) is 0 Å². The number of nitrogens with one attached hydrogen (secondary N) is 1. The molecule has 2 aromatic rings. The molecule has 5 nitrogen and oxygen atoms in total. The van der Waals surface area contributed by atoms with Crippen LogP contribution >= 0.6 is 22.9 Å². The molecule has 1 aromatic heterocycles. The van der Waals surface area contributed by atoms with E-state index in [9.17, 15) is 9.59 Å². The number of piperazine rings is 1. The molecule has 144 valence electrons. The maximum Gasteiger partial charge on any atom is 0.251 e. The molecule has 0 radical (unpaired) electrons. The summed E-state index contributed by atoms with van der Waals surface area (Å²) in [5.41, 5.74) is 1.67. The van der Waals surface area contributed by atoms with E-state index in [1.54, 1.807) is 17.4 Å². The number of benzene rings is 1. The summed E-state index contributed by atoms with van der Waals surface area (Å²) >= 11 is 7.58. The Kier molecular flexibility index (Phi) is 6.88. The van der Waals surface area contributed by atoms with Crippen LogP contribution in [-0.2, 0) is 11.3 Å². The van der Waals surface area contributed by atoms with Gasteiger partial charge in [0.15, 0.2) is 0 Å². The average molecular weight is 406 g/mol. The van der Waals surface area contributed by atoms with Crippen LogP contribution in [0.15, 0.2) is 36.4 Å². The van der Waals surface area contributed by atoms with Crippen LogP contribution in [0.25, 0.3) is 0 Å². The van der Waals surface area contributed by atoms with Gasteiger partial charge in [0.05, 0.1) is 4.34 Å². The zero-order chi connectivity index (χ0) is 19.2. The van der Waals surface area contributed by atoms with Crippen LogP contribution in [-0.4, -0.2) is 54.3 Å². The van der Waals surface area contributed by atoms with E-state index in [4.69, 9.17) is 11.6 Å². The van der Waals surface area contributed by atoms with E-state index >= 15 is 0 Å². The van der Waals surface area contributed by atoms with Gasteiger partial charge in [-0.05, 0) is 31.2 Å². The van der Waals surface area contributed by atoms with Crippen LogP contribution in [0.2, 0.25) is 4.34 Å². The number of nitrogens with zero attached hydrogens (tertiary/aromatic N) is 2. The fourth-order valence-corrected chi connectivity index (χ4v) is 4.27. The number of hydrogen-bond acceptors (Lipinski definition) is 4. The zero-order valence-electron chi connectivity index (χ0n) is 15.4. The zero-order valence-corrected chi connectivity index (χ0v) is 17.0. The minimum atomic E-state index is -0.133. The van der Waals surface area contributed by atoms with E-state index in [2.05, 4.69) is 16.3 Å². The van der Waals surface area contributed by atoms with Crippen molar-refractivity contribution in [2.75, 3.05) is 32.7 Å². The van der Waals surface area contributed by atoms with Gasteiger partial charge in [-0.1, -0.05) is 29.3 Å². The van der Waals surface area contributed by atoms with Crippen molar-refractivity contribution in [3.8, 4) is 0 Å². The van der Waals surface area contributed by atoms with Crippen LogP contribution in [0, 0.1) is 6.92 Å². The number of halogens is 1. The summed E-state index contributed by atoms with van der Waals surface area (Å²) in [4.78, 5) is 30.0. The van der Waals surface area contributed by atoms with Gasteiger partial charge in [-0.25, -0.2) is 0 Å². The Morgan fingerprint density at radius 1 is 1.15 bits per heavy atom. The Hall–Kier alpha value is -1.89. The molecule has 1 fully saturated rings. The molecule has 0 aliphatic carbocycles. The summed E-state index contributed by atoms with van der Waals surface area (Å²) in [6.07, 6.45) is 0.331. The third-order valence-electron chi connectivity index (χ3n) is 4.64. The average Bonchev–Trinajstić information content (AvgIpc) is 3.07. The molecule has 1 aliphatic rings. The lowest BCUT2D eigenvalue weighted by Gasteiger charge is -2.34. The molecule has 27 heavy (non-hydrogen) atoms. The van der Waals surface area contributed by atoms with Gasteiger partial charge >= 0.3 is 0 Å². The van der Waals surface area contributed by atoms with Crippen LogP contribution in [0.1, 0.15) is 27.2 Å². The third kappa shape index (κ3) is 5.79. The van der Waals surface area contributed by atoms with Crippen molar-refractivity contribution in [3.05, 3.63) is 56.7 Å². The third-order valence-corrected chi connectivity index (χ3v) is 5.85. The van der Waals surface area contributed by atoms with Crippen molar-refractivity contribution < 1.29 is 9.59 Å². The Labute approximate surface area is 168 Å². The standard InChI is InChI=1S/C20H24ClN3O2S/c1-15-3-2-4-16(13-15)20(26)22-8-7-19(25)24-11-9-23(10-12-24)14-17-5-6-18(21)27-17/h2-6,13H,7-12,14H2,1H3,(H,22,26). The maximum atomic E-state index is 12.4. The second kappa shape index (κ2) is 9.35. The second-order valence-corrected chi connectivity index (χ2v) is 8.54. The summed E-state index contributed by atoms with van der Waals surface area (Å²) in [7, 11) is 0. The minimum absolute atomic E-state index is 0.0957. The van der Waals surface area contributed by atoms with Gasteiger partial charge in [-0.2, -0.15) is 0 Å². The van der Waals surface area contributed by atoms with E-state index < -0.39 is 0 Å². The molecule has 1 aliphatic heterocycles. The molecule has 1 N–H and O–H groups in total. The molecule has 3 rings (SSSR count). The largest absolute Gasteiger partial charge is 0.352 e. The molecule has 2 amide bonds. The lowest BCUT2D eigenvalue weighted by atomic mass is 10.1. The van der Waals surface area contributed by atoms with Crippen LogP contribution in [0.5, 0.6) is 0 Å². The topological polar surface area (TPSA) is 52.7 Å². The number of thiophene rings is 1. The normalized spacial score (nSPS) is 15.0. The first-order valence-corrected chi connectivity index (χ1v) is 10.3. The Bertz CT molecular complexity index is 800. The van der Waals surface area contributed by atoms with Gasteiger partial charge < -0.3 is 10.2 Å². The molecule has 0 bridgehead atoms. The first-order valence-electron chi connectivity index (χ1n) is 9.10. The van der Waals surface area contributed by atoms with Gasteiger partial charge in [0.1, 0.15) is 0 Å². The van der Waals surface area contributed by atoms with Crippen molar-refractivity contribution in [2.45, 2.75) is 19.9 Å². The van der Waals surface area contributed by atoms with Crippen LogP contribution < -0.4 is 5.32 Å². The molecule has 0 unspecified atom stereocenters. The Morgan fingerprint density at radius 3 is 2.59 bits per heavy atom. The molecule has 0 saturated carbocycles. The number of rotatable bonds is 6. The Morgan fingerprint density at radius 2 is 1.93 bits per heavy atom.